The van der Waals surface area contributed by atoms with Crippen LogP contribution in [0, 0.1) is 40.9 Å². The molecule has 2 saturated heterocycles. The van der Waals surface area contributed by atoms with Crippen LogP contribution in [-0.2, 0) is 70.3 Å². The number of esters is 2. The van der Waals surface area contributed by atoms with Crippen molar-refractivity contribution in [3.63, 3.8) is 0 Å². The van der Waals surface area contributed by atoms with Gasteiger partial charge in [0, 0.05) is 104 Å². The molecule has 5 rings (SSSR count). The number of alkyl carbamates (subject to hydrolysis) is 1. The molecule has 0 saturated carbocycles. The number of hydrogen-bond acceptors (Lipinski definition) is 23. The van der Waals surface area contributed by atoms with Crippen LogP contribution < -0.4 is 21.3 Å². The number of likely N-dealkylation sites (N-methyl/N-ethyl adjacent to an activating group) is 1. The molecule has 0 radical (unpaired) electrons. The van der Waals surface area contributed by atoms with Crippen LogP contribution in [0.2, 0.25) is 0 Å². The van der Waals surface area contributed by atoms with Crippen LogP contribution in [0.15, 0.2) is 48.0 Å². The van der Waals surface area contributed by atoms with E-state index in [1.54, 1.807) is 25.1 Å². The van der Waals surface area contributed by atoms with Crippen molar-refractivity contribution in [2.75, 3.05) is 51.5 Å². The number of carbonyl (C=O) groups is 12. The zero-order valence-electron chi connectivity index (χ0n) is 59.2. The average molecular weight is 1480 g/mol. The van der Waals surface area contributed by atoms with Crippen molar-refractivity contribution < 1.29 is 90.7 Å². The molecule has 0 spiro atoms. The number of ketones is 3. The molecule has 10 atom stereocenters. The number of benzene rings is 1. The van der Waals surface area contributed by atoms with Gasteiger partial charge >= 0.3 is 24.0 Å². The normalized spacial score (nSPS) is 17.4. The lowest BCUT2D eigenvalue weighted by atomic mass is 9.82. The molecule has 27 nitrogen and oxygen atoms in total. The Bertz CT molecular complexity index is 3430. The number of phenolic OH excluding ortho intramolecular Hbond substituents is 1. The highest BCUT2D eigenvalue weighted by Crippen LogP contribution is 2.35. The van der Waals surface area contributed by atoms with Gasteiger partial charge in [-0.15, -0.1) is 11.3 Å². The SMILES string of the molecule is CCCC(=O)OCN(C(=O)[C@@H](CC(=O)[C@H]1CCCCN1C)C(C)CC)[C@H](C[C@@H](OC(C)=O)c1nc(C(=O)N[C@@H](Cc2ccc(O)cc2)C[C@H](C)C(=O)CNC(=O)OCCSSCC(CC(=O)CCC(=O)NCc2cc(C(=O)N[C@H](C)C(=O)N3CC(F)(F)C[C@H]3C#N)ccn2)C(=O)O)cs1)C(C)C. The predicted molar refractivity (Wildman–Crippen MR) is 375 cm³/mol. The van der Waals surface area contributed by atoms with E-state index in [2.05, 4.69) is 31.2 Å². The summed E-state index contributed by atoms with van der Waals surface area (Å²) in [4.78, 5) is 172. The zero-order valence-corrected chi connectivity index (χ0v) is 61.7. The Hall–Kier alpha value is -8.15. The van der Waals surface area contributed by atoms with Crippen molar-refractivity contribution in [3.05, 3.63) is 75.5 Å². The number of amides is 6. The van der Waals surface area contributed by atoms with Gasteiger partial charge in [0.05, 0.1) is 43.4 Å². The minimum Gasteiger partial charge on any atom is -0.508 e. The number of carbonyl (C=O) groups excluding carboxylic acids is 11. The van der Waals surface area contributed by atoms with E-state index in [4.69, 9.17) is 14.2 Å². The number of aliphatic carboxylic acids is 1. The number of hydrogen-bond donors (Lipinski definition) is 6. The van der Waals surface area contributed by atoms with Gasteiger partial charge in [-0.25, -0.2) is 18.6 Å². The Kier molecular flexibility index (Phi) is 34.7. The highest BCUT2D eigenvalue weighted by atomic mass is 33.1. The third-order valence-corrected chi connectivity index (χ3v) is 21.2. The predicted octanol–water partition coefficient (Wildman–Crippen LogP) is 8.18. The summed E-state index contributed by atoms with van der Waals surface area (Å²) in [7, 11) is 4.22. The van der Waals surface area contributed by atoms with E-state index in [0.29, 0.717) is 24.8 Å². The summed E-state index contributed by atoms with van der Waals surface area (Å²) in [6.07, 6.45) is 1.62. The highest BCUT2D eigenvalue weighted by Gasteiger charge is 2.48. The molecule has 1 aromatic carbocycles. The first kappa shape index (κ1) is 84.5. The molecule has 4 heterocycles. The fraction of sp³-hybridized carbons (Fsp3) is 0.614. The number of likely N-dealkylation sites (tertiary alicyclic amines) is 2. The standard InChI is InChI=1S/C70H96F2N10O17S3/c1-10-14-62(89)98-40-82(67(93)54(42(5)11-2)31-58(86)56-15-12-13-24-80(56)9)57(41(3)4)32-60(99-45(8)83)65-79-55(38-100-65)64(91)78-49(28-46-16-18-52(84)19-17-46)27-43(6)59(87)36-76-69(96)97-25-26-101-102-37-48(68(94)95)30-53(85)20-21-61(88)75-35-50-29-47(22-23-74-50)63(90)77-44(7)66(92)81-39-70(71,72)33-51(81)34-73/h16-19,22-23,29,38,41-44,48-49,51,54,56-57,60,84H,10-15,20-21,24-28,30-33,35-37,39-40H2,1-9H3,(H,75,88)(H,76,96)(H,77,90)(H,78,91)(H,94,95)/t42?,43-,44+,48?,49+,51-,54-,56+,57+,60+/m0/s1. The first-order valence-electron chi connectivity index (χ1n) is 34.3. The van der Waals surface area contributed by atoms with E-state index in [9.17, 15) is 77.0 Å². The number of halogens is 2. The van der Waals surface area contributed by atoms with E-state index in [1.807, 2.05) is 46.6 Å². The molecule has 32 heteroatoms. The average Bonchev–Trinajstić information content (AvgIpc) is 1.56. The minimum absolute atomic E-state index is 0.00331. The molecular formula is C70H96F2N10O17S3. The number of nitrogens with one attached hydrogen (secondary N) is 4. The number of thiazole rings is 1. The van der Waals surface area contributed by atoms with Crippen LogP contribution in [0.5, 0.6) is 5.75 Å². The lowest BCUT2D eigenvalue weighted by Crippen LogP contribution is -2.50. The lowest BCUT2D eigenvalue weighted by molar-refractivity contribution is -0.162. The summed E-state index contributed by atoms with van der Waals surface area (Å²) in [5.74, 6) is -12.6. The minimum atomic E-state index is -3.24. The number of alkyl halides is 2. The number of carboxylic acid groups (broad SMARTS) is 1. The smallest absolute Gasteiger partial charge is 0.407 e. The van der Waals surface area contributed by atoms with E-state index < -0.39 is 139 Å². The number of phenols is 1. The maximum Gasteiger partial charge on any atom is 0.407 e. The molecule has 0 aliphatic carbocycles. The maximum atomic E-state index is 15.0. The van der Waals surface area contributed by atoms with Gasteiger partial charge in [0.25, 0.3) is 17.7 Å². The van der Waals surface area contributed by atoms with E-state index in [0.717, 1.165) is 46.4 Å². The topological polar surface area (TPSA) is 380 Å². The monoisotopic (exact) mass is 1480 g/mol. The number of aromatic hydroxyl groups is 1. The largest absolute Gasteiger partial charge is 0.508 e. The molecule has 2 unspecified atom stereocenters. The summed E-state index contributed by atoms with van der Waals surface area (Å²) in [5.41, 5.74) is 0.946. The molecular weight excluding hydrogens is 1390 g/mol. The number of pyridine rings is 1. The number of carboxylic acids is 1. The number of aromatic nitrogens is 2. The number of nitriles is 1. The second-order valence-electron chi connectivity index (χ2n) is 26.3. The second-order valence-corrected chi connectivity index (χ2v) is 29.8. The van der Waals surface area contributed by atoms with Crippen molar-refractivity contribution >= 4 is 104 Å². The molecule has 102 heavy (non-hydrogen) atoms. The third-order valence-electron chi connectivity index (χ3n) is 17.8. The van der Waals surface area contributed by atoms with Crippen molar-refractivity contribution in [1.29, 1.82) is 5.26 Å². The second kappa shape index (κ2) is 41.8. The molecule has 2 aromatic heterocycles. The Balaban J connectivity index is 1.10. The van der Waals surface area contributed by atoms with Gasteiger partial charge in [0.15, 0.2) is 24.4 Å². The quantitative estimate of drug-likeness (QED) is 0.0102. The van der Waals surface area contributed by atoms with Gasteiger partial charge < -0.3 is 55.5 Å². The summed E-state index contributed by atoms with van der Waals surface area (Å²) in [6, 6.07) is 6.30. The summed E-state index contributed by atoms with van der Waals surface area (Å²) in [6.45, 7) is 12.3. The Labute approximate surface area is 605 Å². The molecule has 6 N–H and O–H groups in total. The van der Waals surface area contributed by atoms with Gasteiger partial charge in [-0.2, -0.15) is 5.26 Å². The first-order chi connectivity index (χ1) is 48.3. The maximum absolute atomic E-state index is 15.0. The van der Waals surface area contributed by atoms with Crippen LogP contribution in [-0.4, -0.2) is 193 Å². The third kappa shape index (κ3) is 27.6. The van der Waals surface area contributed by atoms with Crippen molar-refractivity contribution in [2.45, 2.75) is 194 Å². The number of Topliss-reactive ketones (excluding diaryl/α,β-unsaturated/α-hetero) is 3. The lowest BCUT2D eigenvalue weighted by Gasteiger charge is -2.39. The van der Waals surface area contributed by atoms with Crippen LogP contribution in [0.1, 0.15) is 182 Å². The molecule has 560 valence electrons. The molecule has 2 fully saturated rings. The van der Waals surface area contributed by atoms with E-state index in [-0.39, 0.29) is 133 Å². The van der Waals surface area contributed by atoms with Crippen LogP contribution in [0.4, 0.5) is 13.6 Å². The van der Waals surface area contributed by atoms with Gasteiger partial charge in [0.1, 0.15) is 40.9 Å². The van der Waals surface area contributed by atoms with Gasteiger partial charge in [0.2, 0.25) is 17.7 Å². The van der Waals surface area contributed by atoms with Gasteiger partial charge in [-0.05, 0) is 94.3 Å². The van der Waals surface area contributed by atoms with Crippen molar-refractivity contribution in [1.82, 2.24) is 45.9 Å². The van der Waals surface area contributed by atoms with Gasteiger partial charge in [-0.1, -0.05) is 88.1 Å². The summed E-state index contributed by atoms with van der Waals surface area (Å²) >= 11 is 1.05. The molecule has 2 aliphatic rings. The van der Waals surface area contributed by atoms with Gasteiger partial charge in [-0.3, -0.25) is 62.6 Å². The number of ether oxygens (including phenoxy) is 3. The Morgan fingerprint density at radius 1 is 0.902 bits per heavy atom. The number of piperidine rings is 1. The van der Waals surface area contributed by atoms with E-state index in [1.165, 1.54) is 65.4 Å². The van der Waals surface area contributed by atoms with E-state index >= 15 is 4.79 Å². The zero-order chi connectivity index (χ0) is 75.4. The molecule has 2 aliphatic heterocycles. The number of nitrogens with zero attached hydrogens (tertiary/aromatic N) is 6. The fourth-order valence-electron chi connectivity index (χ4n) is 11.8. The van der Waals surface area contributed by atoms with Crippen LogP contribution in [0.25, 0.3) is 0 Å². The van der Waals surface area contributed by atoms with Crippen LogP contribution >= 0.6 is 32.9 Å². The molecule has 6 amide bonds. The van der Waals surface area contributed by atoms with Crippen LogP contribution in [0.3, 0.4) is 0 Å². The molecule has 3 aromatic rings. The van der Waals surface area contributed by atoms with Crippen molar-refractivity contribution in [3.8, 4) is 11.8 Å². The Morgan fingerprint density at radius 2 is 1.63 bits per heavy atom. The summed E-state index contributed by atoms with van der Waals surface area (Å²) in [5, 5.41) is 41.3. The summed E-state index contributed by atoms with van der Waals surface area (Å²) < 4.78 is 44.7. The number of rotatable bonds is 42. The fourth-order valence-corrected chi connectivity index (χ4v) is 14.8. The Morgan fingerprint density at radius 3 is 2.28 bits per heavy atom. The first-order valence-corrected chi connectivity index (χ1v) is 37.6. The highest BCUT2D eigenvalue weighted by molar-refractivity contribution is 8.76. The molecule has 0 bridgehead atoms. The van der Waals surface area contributed by atoms with Crippen molar-refractivity contribution in [2.24, 2.45) is 29.6 Å².